The SMILES string of the molecule is Cn1cc2nc1-c1ccc(s1)-c1nc(cn1C)-c1cc(ccn1)C(C)(C)c1ccnc-2c1. The van der Waals surface area contributed by atoms with Crippen LogP contribution in [0.25, 0.3) is 44.2 Å². The van der Waals surface area contributed by atoms with Crippen LogP contribution < -0.4 is 0 Å². The smallest absolute Gasteiger partial charge is 0.150 e. The lowest BCUT2D eigenvalue weighted by molar-refractivity contribution is 0.639. The number of hydrogen-bond donors (Lipinski definition) is 0. The molecule has 6 nitrogen and oxygen atoms in total. The van der Waals surface area contributed by atoms with Gasteiger partial charge in [0.15, 0.2) is 11.6 Å². The number of pyridine rings is 2. The van der Waals surface area contributed by atoms with Crippen molar-refractivity contribution in [3.05, 3.63) is 72.3 Å². The summed E-state index contributed by atoms with van der Waals surface area (Å²) in [4.78, 5) is 21.4. The number of fused-ring (bicyclic) bond motifs is 14. The van der Waals surface area contributed by atoms with Gasteiger partial charge in [0.2, 0.25) is 0 Å². The first-order valence-electron chi connectivity index (χ1n) is 10.5. The van der Waals surface area contributed by atoms with E-state index in [4.69, 9.17) is 9.97 Å². The molecule has 0 aliphatic carbocycles. The number of aryl methyl sites for hydroxylation is 2. The third kappa shape index (κ3) is 2.85. The van der Waals surface area contributed by atoms with Gasteiger partial charge in [-0.15, -0.1) is 11.3 Å². The topological polar surface area (TPSA) is 61.4 Å². The summed E-state index contributed by atoms with van der Waals surface area (Å²) >= 11 is 1.69. The van der Waals surface area contributed by atoms with Crippen LogP contribution in [0.5, 0.6) is 0 Å². The van der Waals surface area contributed by atoms with Gasteiger partial charge in [-0.3, -0.25) is 9.97 Å². The normalized spacial score (nSPS) is 13.9. The molecule has 6 rings (SSSR count). The molecule has 0 saturated heterocycles. The summed E-state index contributed by atoms with van der Waals surface area (Å²) in [5.41, 5.74) is 5.62. The fraction of sp³-hybridized carbons (Fsp3) is 0.200. The second kappa shape index (κ2) is 6.71. The van der Waals surface area contributed by atoms with Crippen LogP contribution in [-0.4, -0.2) is 29.1 Å². The molecule has 1 aliphatic rings. The fourth-order valence-corrected chi connectivity index (χ4v) is 5.37. The van der Waals surface area contributed by atoms with Crippen LogP contribution in [0.15, 0.2) is 61.2 Å². The average Bonchev–Trinajstić information content (AvgIpc) is 3.51. The molecule has 0 fully saturated rings. The van der Waals surface area contributed by atoms with E-state index in [-0.39, 0.29) is 5.41 Å². The van der Waals surface area contributed by atoms with E-state index in [0.717, 1.165) is 44.2 Å². The molecule has 158 valence electrons. The molecule has 0 aromatic carbocycles. The molecule has 0 unspecified atom stereocenters. The highest BCUT2D eigenvalue weighted by Crippen LogP contribution is 2.38. The van der Waals surface area contributed by atoms with Crippen molar-refractivity contribution < 1.29 is 0 Å². The van der Waals surface area contributed by atoms with Crippen LogP contribution in [0.3, 0.4) is 0 Å². The molecule has 7 heteroatoms. The van der Waals surface area contributed by atoms with Gasteiger partial charge in [-0.25, -0.2) is 9.97 Å². The average molecular weight is 439 g/mol. The monoisotopic (exact) mass is 438 g/mol. The van der Waals surface area contributed by atoms with Crippen molar-refractivity contribution in [2.24, 2.45) is 14.1 Å². The van der Waals surface area contributed by atoms with Gasteiger partial charge in [0.1, 0.15) is 11.4 Å². The number of imidazole rings is 2. The Hall–Kier alpha value is -3.58. The van der Waals surface area contributed by atoms with Gasteiger partial charge >= 0.3 is 0 Å². The Balaban J connectivity index is 1.66. The van der Waals surface area contributed by atoms with Crippen LogP contribution in [0.2, 0.25) is 0 Å². The first-order chi connectivity index (χ1) is 15.4. The van der Waals surface area contributed by atoms with E-state index in [1.54, 1.807) is 11.3 Å². The quantitative estimate of drug-likeness (QED) is 0.329. The first-order valence-corrected chi connectivity index (χ1v) is 11.3. The highest BCUT2D eigenvalue weighted by Gasteiger charge is 2.26. The first kappa shape index (κ1) is 19.1. The van der Waals surface area contributed by atoms with Gasteiger partial charge in [0, 0.05) is 44.3 Å². The van der Waals surface area contributed by atoms with Crippen molar-refractivity contribution in [2.45, 2.75) is 19.3 Å². The third-order valence-electron chi connectivity index (χ3n) is 6.29. The van der Waals surface area contributed by atoms with Crippen LogP contribution in [-0.2, 0) is 19.5 Å². The van der Waals surface area contributed by atoms with Crippen LogP contribution in [0.1, 0.15) is 25.0 Å². The Morgan fingerprint density at radius 1 is 0.688 bits per heavy atom. The van der Waals surface area contributed by atoms with Gasteiger partial charge in [0.25, 0.3) is 0 Å². The Morgan fingerprint density at radius 2 is 1.16 bits per heavy atom. The van der Waals surface area contributed by atoms with E-state index in [2.05, 4.69) is 81.7 Å². The van der Waals surface area contributed by atoms with Crippen molar-refractivity contribution in [3.8, 4) is 44.2 Å². The zero-order chi connectivity index (χ0) is 22.0. The largest absolute Gasteiger partial charge is 0.333 e. The maximum Gasteiger partial charge on any atom is 0.150 e. The van der Waals surface area contributed by atoms with Crippen molar-refractivity contribution >= 4 is 11.3 Å². The molecule has 0 amide bonds. The minimum atomic E-state index is -0.235. The lowest BCUT2D eigenvalue weighted by atomic mass is 9.78. The summed E-state index contributed by atoms with van der Waals surface area (Å²) in [5, 5.41) is 0. The lowest BCUT2D eigenvalue weighted by Gasteiger charge is -2.26. The molecule has 32 heavy (non-hydrogen) atoms. The van der Waals surface area contributed by atoms with E-state index >= 15 is 0 Å². The summed E-state index contributed by atoms with van der Waals surface area (Å²) in [6.45, 7) is 4.46. The van der Waals surface area contributed by atoms with E-state index in [9.17, 15) is 0 Å². The molecular formula is C25H22N6S. The number of rotatable bonds is 0. The maximum atomic E-state index is 4.95. The minimum absolute atomic E-state index is 0.235. The number of hydrogen-bond acceptors (Lipinski definition) is 5. The number of thiophene rings is 1. The predicted molar refractivity (Wildman–Crippen MR) is 127 cm³/mol. The van der Waals surface area contributed by atoms with Crippen LogP contribution in [0, 0.1) is 0 Å². The van der Waals surface area contributed by atoms with Gasteiger partial charge in [-0.05, 0) is 47.5 Å². The Labute approximate surface area is 190 Å². The highest BCUT2D eigenvalue weighted by molar-refractivity contribution is 7.18. The zero-order valence-corrected chi connectivity index (χ0v) is 19.2. The van der Waals surface area contributed by atoms with Crippen molar-refractivity contribution in [1.82, 2.24) is 29.1 Å². The molecule has 0 radical (unpaired) electrons. The molecule has 0 spiro atoms. The Kier molecular flexibility index (Phi) is 4.01. The second-order valence-electron chi connectivity index (χ2n) is 8.77. The summed E-state index contributed by atoms with van der Waals surface area (Å²) < 4.78 is 4.14. The van der Waals surface area contributed by atoms with Gasteiger partial charge < -0.3 is 9.13 Å². The van der Waals surface area contributed by atoms with Crippen molar-refractivity contribution in [1.29, 1.82) is 0 Å². The van der Waals surface area contributed by atoms with Gasteiger partial charge in [0.05, 0.1) is 21.1 Å². The fourth-order valence-electron chi connectivity index (χ4n) is 4.30. The van der Waals surface area contributed by atoms with E-state index < -0.39 is 0 Å². The summed E-state index contributed by atoms with van der Waals surface area (Å²) in [6, 6.07) is 12.7. The van der Waals surface area contributed by atoms with E-state index in [1.807, 2.05) is 26.5 Å². The van der Waals surface area contributed by atoms with Gasteiger partial charge in [-0.1, -0.05) is 13.8 Å². The molecule has 6 heterocycles. The Bertz CT molecular complexity index is 1380. The number of aromatic nitrogens is 6. The minimum Gasteiger partial charge on any atom is -0.333 e. The Morgan fingerprint density at radius 3 is 1.62 bits per heavy atom. The third-order valence-corrected chi connectivity index (χ3v) is 7.36. The molecule has 10 bridgehead atoms. The molecule has 0 saturated carbocycles. The standard InChI is InChI=1S/C25H22N6S/c1-25(2)15-7-9-26-17(11-15)19-13-30(3)23(28-19)21-5-6-22(32-21)24-29-20(14-31(24)4)18-12-16(25)8-10-27-18/h5-14H,1-4H3. The molecule has 1 aliphatic heterocycles. The second-order valence-corrected chi connectivity index (χ2v) is 9.85. The molecule has 5 aromatic heterocycles. The van der Waals surface area contributed by atoms with E-state index in [0.29, 0.717) is 0 Å². The van der Waals surface area contributed by atoms with Crippen LogP contribution >= 0.6 is 11.3 Å². The molecule has 0 N–H and O–H groups in total. The summed E-state index contributed by atoms with van der Waals surface area (Å²) in [5.74, 6) is 1.85. The molecule has 0 atom stereocenters. The molecule has 5 aromatic rings. The maximum absolute atomic E-state index is 4.95. The predicted octanol–water partition coefficient (Wildman–Crippen LogP) is 5.31. The van der Waals surface area contributed by atoms with E-state index in [1.165, 1.54) is 11.1 Å². The van der Waals surface area contributed by atoms with Crippen LogP contribution in [0.4, 0.5) is 0 Å². The van der Waals surface area contributed by atoms with Crippen molar-refractivity contribution in [3.63, 3.8) is 0 Å². The summed E-state index contributed by atoms with van der Waals surface area (Å²) in [7, 11) is 4.06. The van der Waals surface area contributed by atoms with Crippen molar-refractivity contribution in [2.75, 3.05) is 0 Å². The highest BCUT2D eigenvalue weighted by atomic mass is 32.1. The molecular weight excluding hydrogens is 416 g/mol. The summed E-state index contributed by atoms with van der Waals surface area (Å²) in [6.07, 6.45) is 7.85. The zero-order valence-electron chi connectivity index (χ0n) is 18.4. The lowest BCUT2D eigenvalue weighted by Crippen LogP contribution is -2.19. The number of nitrogens with zero attached hydrogens (tertiary/aromatic N) is 6. The van der Waals surface area contributed by atoms with Gasteiger partial charge in [-0.2, -0.15) is 0 Å².